The van der Waals surface area contributed by atoms with Crippen LogP contribution in [0.3, 0.4) is 0 Å². The lowest BCUT2D eigenvalue weighted by molar-refractivity contribution is -0.140. The van der Waals surface area contributed by atoms with Crippen molar-refractivity contribution in [1.82, 2.24) is 4.31 Å². The molecular formula is C10H12ClNO4S2. The van der Waals surface area contributed by atoms with E-state index in [1.165, 1.54) is 6.07 Å². The molecule has 5 nitrogen and oxygen atoms in total. The Labute approximate surface area is 114 Å². The normalized spacial score (nSPS) is 25.4. The summed E-state index contributed by atoms with van der Waals surface area (Å²) >= 11 is 6.84. The number of sulfonamides is 1. The second-order valence-corrected chi connectivity index (χ2v) is 7.53. The van der Waals surface area contributed by atoms with Crippen LogP contribution in [-0.4, -0.2) is 35.9 Å². The molecule has 0 aromatic carbocycles. The van der Waals surface area contributed by atoms with Gasteiger partial charge in [-0.2, -0.15) is 4.31 Å². The molecule has 0 unspecified atom stereocenters. The second-order valence-electron chi connectivity index (χ2n) is 4.17. The van der Waals surface area contributed by atoms with Crippen LogP contribution < -0.4 is 0 Å². The smallest absolute Gasteiger partial charge is 0.322 e. The van der Waals surface area contributed by atoms with Crippen LogP contribution in [0.4, 0.5) is 0 Å². The molecule has 1 N–H and O–H groups in total. The molecule has 18 heavy (non-hydrogen) atoms. The van der Waals surface area contributed by atoms with E-state index in [1.807, 2.05) is 0 Å². The Kier molecular flexibility index (Phi) is 3.68. The van der Waals surface area contributed by atoms with Gasteiger partial charge in [0.2, 0.25) is 0 Å². The van der Waals surface area contributed by atoms with Crippen molar-refractivity contribution in [3.8, 4) is 0 Å². The first-order valence-electron chi connectivity index (χ1n) is 5.35. The van der Waals surface area contributed by atoms with E-state index in [2.05, 4.69) is 0 Å². The van der Waals surface area contributed by atoms with Crippen molar-refractivity contribution in [2.24, 2.45) is 0 Å². The van der Waals surface area contributed by atoms with Crippen LogP contribution in [0.1, 0.15) is 19.8 Å². The number of nitrogens with zero attached hydrogens (tertiary/aromatic N) is 1. The summed E-state index contributed by atoms with van der Waals surface area (Å²) in [7, 11) is -3.83. The lowest BCUT2D eigenvalue weighted by Gasteiger charge is -2.24. The number of hydrogen-bond acceptors (Lipinski definition) is 4. The Morgan fingerprint density at radius 2 is 2.22 bits per heavy atom. The highest BCUT2D eigenvalue weighted by molar-refractivity contribution is 7.91. The molecule has 1 aromatic heterocycles. The molecule has 1 aliphatic rings. The highest BCUT2D eigenvalue weighted by atomic mass is 35.5. The van der Waals surface area contributed by atoms with Crippen LogP contribution >= 0.6 is 22.9 Å². The highest BCUT2D eigenvalue weighted by Crippen LogP contribution is 2.36. The summed E-state index contributed by atoms with van der Waals surface area (Å²) in [6.45, 7) is 1.71. The van der Waals surface area contributed by atoms with E-state index in [1.54, 1.807) is 12.3 Å². The summed E-state index contributed by atoms with van der Waals surface area (Å²) in [4.78, 5) is 11.1. The molecule has 0 spiro atoms. The Balaban J connectivity index is 2.46. The largest absolute Gasteiger partial charge is 0.480 e. The zero-order valence-corrected chi connectivity index (χ0v) is 11.9. The monoisotopic (exact) mass is 309 g/mol. The van der Waals surface area contributed by atoms with Gasteiger partial charge in [0, 0.05) is 6.04 Å². The fourth-order valence-electron chi connectivity index (χ4n) is 2.16. The second kappa shape index (κ2) is 4.80. The SMILES string of the molecule is C[C@@H]1CC[C@H](C(=O)O)N1S(=O)(=O)c1sccc1Cl. The third kappa shape index (κ3) is 2.16. The standard InChI is InChI=1S/C10H12ClNO4S2/c1-6-2-3-8(9(13)14)12(6)18(15,16)10-7(11)4-5-17-10/h4-6,8H,2-3H2,1H3,(H,13,14)/t6-,8-/m1/s1. The molecular weight excluding hydrogens is 298 g/mol. The van der Waals surface area contributed by atoms with Gasteiger partial charge in [-0.15, -0.1) is 11.3 Å². The van der Waals surface area contributed by atoms with Crippen LogP contribution in [0.2, 0.25) is 5.02 Å². The Hall–Kier alpha value is -0.630. The maximum absolute atomic E-state index is 12.4. The molecule has 0 saturated carbocycles. The van der Waals surface area contributed by atoms with Gasteiger partial charge in [0.1, 0.15) is 6.04 Å². The fraction of sp³-hybridized carbons (Fsp3) is 0.500. The lowest BCUT2D eigenvalue weighted by Crippen LogP contribution is -2.43. The van der Waals surface area contributed by atoms with Crippen LogP contribution in [0, 0.1) is 0 Å². The Bertz CT molecular complexity index is 568. The molecule has 1 saturated heterocycles. The maximum Gasteiger partial charge on any atom is 0.322 e. The molecule has 1 aliphatic heterocycles. The number of hydrogen-bond donors (Lipinski definition) is 1. The van der Waals surface area contributed by atoms with Crippen molar-refractivity contribution in [2.75, 3.05) is 0 Å². The number of carboxylic acids is 1. The Morgan fingerprint density at radius 3 is 2.72 bits per heavy atom. The summed E-state index contributed by atoms with van der Waals surface area (Å²) < 4.78 is 25.9. The van der Waals surface area contributed by atoms with Gasteiger partial charge in [0.05, 0.1) is 5.02 Å². The van der Waals surface area contributed by atoms with Gasteiger partial charge in [-0.3, -0.25) is 4.79 Å². The first-order valence-corrected chi connectivity index (χ1v) is 8.05. The summed E-state index contributed by atoms with van der Waals surface area (Å²) in [6.07, 6.45) is 0.873. The quantitative estimate of drug-likeness (QED) is 0.927. The topological polar surface area (TPSA) is 74.7 Å². The molecule has 1 aromatic rings. The predicted molar refractivity (Wildman–Crippen MR) is 68.5 cm³/mol. The number of carboxylic acid groups (broad SMARTS) is 1. The average molecular weight is 310 g/mol. The number of aliphatic carboxylic acids is 1. The summed E-state index contributed by atoms with van der Waals surface area (Å²) in [5, 5.41) is 10.8. The minimum atomic E-state index is -3.83. The first-order chi connectivity index (χ1) is 8.35. The molecule has 2 heterocycles. The summed E-state index contributed by atoms with van der Waals surface area (Å²) in [5.74, 6) is -1.12. The zero-order valence-electron chi connectivity index (χ0n) is 9.54. The summed E-state index contributed by atoms with van der Waals surface area (Å²) in [6, 6.07) is 0.174. The van der Waals surface area contributed by atoms with Gasteiger partial charge in [0.15, 0.2) is 4.21 Å². The minimum Gasteiger partial charge on any atom is -0.480 e. The van der Waals surface area contributed by atoms with Crippen molar-refractivity contribution in [2.45, 2.75) is 36.1 Å². The van der Waals surface area contributed by atoms with E-state index in [9.17, 15) is 13.2 Å². The maximum atomic E-state index is 12.4. The van der Waals surface area contributed by atoms with Gasteiger partial charge >= 0.3 is 5.97 Å². The van der Waals surface area contributed by atoms with Crippen LogP contribution in [0.5, 0.6) is 0 Å². The third-order valence-electron chi connectivity index (χ3n) is 2.98. The van der Waals surface area contributed by atoms with Crippen molar-refractivity contribution in [3.63, 3.8) is 0 Å². The number of rotatable bonds is 3. The third-order valence-corrected chi connectivity index (χ3v) is 7.00. The van der Waals surface area contributed by atoms with E-state index in [-0.39, 0.29) is 15.3 Å². The number of thiophene rings is 1. The molecule has 8 heteroatoms. The van der Waals surface area contributed by atoms with Gasteiger partial charge in [0.25, 0.3) is 10.0 Å². The van der Waals surface area contributed by atoms with E-state index in [0.717, 1.165) is 15.6 Å². The van der Waals surface area contributed by atoms with E-state index in [4.69, 9.17) is 16.7 Å². The van der Waals surface area contributed by atoms with Gasteiger partial charge < -0.3 is 5.11 Å². The van der Waals surface area contributed by atoms with Crippen LogP contribution in [0.15, 0.2) is 15.7 Å². The molecule has 0 bridgehead atoms. The molecule has 100 valence electrons. The molecule has 0 aliphatic carbocycles. The van der Waals surface area contributed by atoms with E-state index >= 15 is 0 Å². The van der Waals surface area contributed by atoms with Crippen LogP contribution in [-0.2, 0) is 14.8 Å². The van der Waals surface area contributed by atoms with Crippen molar-refractivity contribution < 1.29 is 18.3 Å². The predicted octanol–water partition coefficient (Wildman–Crippen LogP) is 2.03. The molecule has 1 fully saturated rings. The van der Waals surface area contributed by atoms with Gasteiger partial charge in [-0.1, -0.05) is 11.6 Å². The van der Waals surface area contributed by atoms with Crippen molar-refractivity contribution in [1.29, 1.82) is 0 Å². The molecule has 0 amide bonds. The molecule has 2 atom stereocenters. The first kappa shape index (κ1) is 13.8. The fourth-order valence-corrected chi connectivity index (χ4v) is 5.76. The number of carbonyl (C=O) groups is 1. The minimum absolute atomic E-state index is 0.0177. The number of halogens is 1. The van der Waals surface area contributed by atoms with Crippen LogP contribution in [0.25, 0.3) is 0 Å². The van der Waals surface area contributed by atoms with Gasteiger partial charge in [-0.25, -0.2) is 8.42 Å². The van der Waals surface area contributed by atoms with Crippen molar-refractivity contribution >= 4 is 38.9 Å². The van der Waals surface area contributed by atoms with Crippen molar-refractivity contribution in [3.05, 3.63) is 16.5 Å². The van der Waals surface area contributed by atoms with E-state index in [0.29, 0.717) is 12.8 Å². The highest BCUT2D eigenvalue weighted by Gasteiger charge is 2.44. The summed E-state index contributed by atoms with van der Waals surface area (Å²) in [5.41, 5.74) is 0. The lowest BCUT2D eigenvalue weighted by atomic mass is 10.2. The molecule has 2 rings (SSSR count). The average Bonchev–Trinajstić information content (AvgIpc) is 2.84. The van der Waals surface area contributed by atoms with Gasteiger partial charge in [-0.05, 0) is 31.2 Å². The Morgan fingerprint density at radius 1 is 1.56 bits per heavy atom. The van der Waals surface area contributed by atoms with E-state index < -0.39 is 22.0 Å². The molecule has 0 radical (unpaired) electrons. The zero-order chi connectivity index (χ0) is 13.5.